The van der Waals surface area contributed by atoms with E-state index in [2.05, 4.69) is 10.1 Å². The first kappa shape index (κ1) is 13.5. The Morgan fingerprint density at radius 1 is 1.59 bits per heavy atom. The van der Waals surface area contributed by atoms with Gasteiger partial charge in [0.05, 0.1) is 17.8 Å². The summed E-state index contributed by atoms with van der Waals surface area (Å²) in [4.78, 5) is 11.1. The van der Waals surface area contributed by atoms with Crippen molar-refractivity contribution >= 4 is 23.3 Å². The van der Waals surface area contributed by atoms with Gasteiger partial charge < -0.3 is 10.1 Å². The number of esters is 1. The molecule has 1 aromatic rings. The molecule has 0 aliphatic carbocycles. The SMILES string of the molecule is COC(=O)/C(C)=C/CNc1ccc(F)cc1Cl. The molecule has 0 saturated carbocycles. The first-order chi connectivity index (χ1) is 8.04. The number of ether oxygens (including phenoxy) is 1. The number of rotatable bonds is 4. The predicted molar refractivity (Wildman–Crippen MR) is 65.7 cm³/mol. The Morgan fingerprint density at radius 2 is 2.29 bits per heavy atom. The molecule has 0 radical (unpaired) electrons. The van der Waals surface area contributed by atoms with Crippen LogP contribution >= 0.6 is 11.6 Å². The Hall–Kier alpha value is -1.55. The minimum atomic E-state index is -0.387. The zero-order valence-corrected chi connectivity index (χ0v) is 10.3. The van der Waals surface area contributed by atoms with Crippen LogP contribution < -0.4 is 5.32 Å². The molecule has 1 aromatic carbocycles. The van der Waals surface area contributed by atoms with Gasteiger partial charge in [-0.05, 0) is 25.1 Å². The summed E-state index contributed by atoms with van der Waals surface area (Å²) in [7, 11) is 1.32. The molecular formula is C12H13ClFNO2. The van der Waals surface area contributed by atoms with Crippen molar-refractivity contribution in [2.24, 2.45) is 0 Å². The standard InChI is InChI=1S/C12H13ClFNO2/c1-8(12(16)17-2)5-6-15-11-4-3-9(14)7-10(11)13/h3-5,7,15H,6H2,1-2H3/b8-5+. The molecule has 0 heterocycles. The van der Waals surface area contributed by atoms with Crippen LogP contribution in [0.25, 0.3) is 0 Å². The van der Waals surface area contributed by atoms with E-state index in [0.29, 0.717) is 22.8 Å². The van der Waals surface area contributed by atoms with Gasteiger partial charge in [0.2, 0.25) is 0 Å². The van der Waals surface area contributed by atoms with Crippen LogP contribution in [0.5, 0.6) is 0 Å². The second-order valence-electron chi connectivity index (χ2n) is 3.38. The van der Waals surface area contributed by atoms with Crippen molar-refractivity contribution in [1.82, 2.24) is 0 Å². The second kappa shape index (κ2) is 6.25. The van der Waals surface area contributed by atoms with Gasteiger partial charge in [-0.1, -0.05) is 17.7 Å². The van der Waals surface area contributed by atoms with E-state index in [9.17, 15) is 9.18 Å². The van der Waals surface area contributed by atoms with Crippen molar-refractivity contribution in [3.8, 4) is 0 Å². The molecule has 0 aliphatic rings. The molecule has 0 fully saturated rings. The zero-order valence-electron chi connectivity index (χ0n) is 9.59. The zero-order chi connectivity index (χ0) is 12.8. The van der Waals surface area contributed by atoms with Gasteiger partial charge in [-0.25, -0.2) is 9.18 Å². The first-order valence-corrected chi connectivity index (χ1v) is 5.36. The first-order valence-electron chi connectivity index (χ1n) is 4.98. The Kier molecular flexibility index (Phi) is 4.97. The van der Waals surface area contributed by atoms with E-state index >= 15 is 0 Å². The van der Waals surface area contributed by atoms with Gasteiger partial charge in [0.1, 0.15) is 5.82 Å². The summed E-state index contributed by atoms with van der Waals surface area (Å²) in [6.45, 7) is 2.06. The van der Waals surface area contributed by atoms with Crippen molar-refractivity contribution in [2.45, 2.75) is 6.92 Å². The molecule has 0 unspecified atom stereocenters. The van der Waals surface area contributed by atoms with E-state index in [1.807, 2.05) is 0 Å². The van der Waals surface area contributed by atoms with Crippen LogP contribution in [0.4, 0.5) is 10.1 Å². The van der Waals surface area contributed by atoms with Crippen molar-refractivity contribution in [3.63, 3.8) is 0 Å². The van der Waals surface area contributed by atoms with Gasteiger partial charge in [-0.15, -0.1) is 0 Å². The van der Waals surface area contributed by atoms with Crippen LogP contribution in [0.3, 0.4) is 0 Å². The number of carbonyl (C=O) groups excluding carboxylic acids is 1. The number of hydrogen-bond donors (Lipinski definition) is 1. The van der Waals surface area contributed by atoms with Crippen LogP contribution in [0.2, 0.25) is 5.02 Å². The molecule has 0 bridgehead atoms. The molecule has 0 aliphatic heterocycles. The van der Waals surface area contributed by atoms with E-state index in [4.69, 9.17) is 11.6 Å². The van der Waals surface area contributed by atoms with Crippen molar-refractivity contribution in [2.75, 3.05) is 19.0 Å². The number of hydrogen-bond acceptors (Lipinski definition) is 3. The van der Waals surface area contributed by atoms with Crippen molar-refractivity contribution in [3.05, 3.63) is 40.7 Å². The summed E-state index contributed by atoms with van der Waals surface area (Å²) in [5, 5.41) is 3.27. The minimum absolute atomic E-state index is 0.300. The van der Waals surface area contributed by atoms with Gasteiger partial charge in [0.25, 0.3) is 0 Å². The molecule has 5 heteroatoms. The fourth-order valence-electron chi connectivity index (χ4n) is 1.19. The Bertz CT molecular complexity index is 446. The number of anilines is 1. The summed E-state index contributed by atoms with van der Waals surface area (Å²) in [6.07, 6.45) is 1.67. The highest BCUT2D eigenvalue weighted by Crippen LogP contribution is 2.22. The summed E-state index contributed by atoms with van der Waals surface area (Å²) in [5.74, 6) is -0.765. The van der Waals surface area contributed by atoms with Crippen LogP contribution in [0.15, 0.2) is 29.8 Å². The highest BCUT2D eigenvalue weighted by atomic mass is 35.5. The summed E-state index contributed by atoms with van der Waals surface area (Å²) in [5.41, 5.74) is 1.11. The Labute approximate surface area is 104 Å². The molecule has 0 aromatic heterocycles. The number of benzene rings is 1. The number of methoxy groups -OCH3 is 1. The van der Waals surface area contributed by atoms with Crippen molar-refractivity contribution in [1.29, 1.82) is 0 Å². The van der Waals surface area contributed by atoms with Crippen LogP contribution in [0.1, 0.15) is 6.92 Å². The van der Waals surface area contributed by atoms with Gasteiger partial charge >= 0.3 is 5.97 Å². The second-order valence-corrected chi connectivity index (χ2v) is 3.79. The van der Waals surface area contributed by atoms with Crippen LogP contribution in [-0.4, -0.2) is 19.6 Å². The van der Waals surface area contributed by atoms with Crippen molar-refractivity contribution < 1.29 is 13.9 Å². The highest BCUT2D eigenvalue weighted by molar-refractivity contribution is 6.33. The lowest BCUT2D eigenvalue weighted by Crippen LogP contribution is -2.05. The maximum absolute atomic E-state index is 12.8. The molecule has 0 atom stereocenters. The fourth-order valence-corrected chi connectivity index (χ4v) is 1.43. The largest absolute Gasteiger partial charge is 0.466 e. The lowest BCUT2D eigenvalue weighted by molar-refractivity contribution is -0.136. The van der Waals surface area contributed by atoms with E-state index < -0.39 is 0 Å². The van der Waals surface area contributed by atoms with Gasteiger partial charge in [-0.2, -0.15) is 0 Å². The average Bonchev–Trinajstić information content (AvgIpc) is 2.30. The van der Waals surface area contributed by atoms with E-state index in [-0.39, 0.29) is 11.8 Å². The lowest BCUT2D eigenvalue weighted by atomic mass is 10.2. The third kappa shape index (κ3) is 4.07. The van der Waals surface area contributed by atoms with Gasteiger partial charge in [0.15, 0.2) is 0 Å². The third-order valence-corrected chi connectivity index (χ3v) is 2.45. The molecule has 92 valence electrons. The minimum Gasteiger partial charge on any atom is -0.466 e. The topological polar surface area (TPSA) is 38.3 Å². The average molecular weight is 258 g/mol. The number of nitrogens with one attached hydrogen (secondary N) is 1. The quantitative estimate of drug-likeness (QED) is 0.666. The third-order valence-electron chi connectivity index (χ3n) is 2.14. The number of carbonyl (C=O) groups is 1. The van der Waals surface area contributed by atoms with E-state index in [0.717, 1.165) is 0 Å². The lowest BCUT2D eigenvalue weighted by Gasteiger charge is -2.06. The molecule has 3 nitrogen and oxygen atoms in total. The predicted octanol–water partition coefficient (Wildman–Crippen LogP) is 3.01. The van der Waals surface area contributed by atoms with Gasteiger partial charge in [-0.3, -0.25) is 0 Å². The normalized spacial score (nSPS) is 11.2. The molecule has 1 N–H and O–H groups in total. The van der Waals surface area contributed by atoms with Gasteiger partial charge in [0, 0.05) is 12.1 Å². The maximum Gasteiger partial charge on any atom is 0.333 e. The molecule has 17 heavy (non-hydrogen) atoms. The molecule has 1 rings (SSSR count). The van der Waals surface area contributed by atoms with Crippen LogP contribution in [0, 0.1) is 5.82 Å². The molecule has 0 amide bonds. The van der Waals surface area contributed by atoms with E-state index in [1.165, 1.54) is 19.2 Å². The summed E-state index contributed by atoms with van der Waals surface area (Å²) >= 11 is 5.82. The summed E-state index contributed by atoms with van der Waals surface area (Å²) < 4.78 is 17.3. The molecule has 0 saturated heterocycles. The fraction of sp³-hybridized carbons (Fsp3) is 0.250. The highest BCUT2D eigenvalue weighted by Gasteiger charge is 2.03. The Morgan fingerprint density at radius 3 is 2.88 bits per heavy atom. The Balaban J connectivity index is 2.59. The smallest absolute Gasteiger partial charge is 0.333 e. The maximum atomic E-state index is 12.8. The van der Waals surface area contributed by atoms with E-state index in [1.54, 1.807) is 19.1 Å². The van der Waals surface area contributed by atoms with Crippen LogP contribution in [-0.2, 0) is 9.53 Å². The molecule has 0 spiro atoms. The molecular weight excluding hydrogens is 245 g/mol. The summed E-state index contributed by atoms with van der Waals surface area (Å²) in [6, 6.07) is 4.07. The number of halogens is 2. The monoisotopic (exact) mass is 257 g/mol.